The highest BCUT2D eigenvalue weighted by Crippen LogP contribution is 2.31. The molecule has 0 radical (unpaired) electrons. The van der Waals surface area contributed by atoms with Crippen LogP contribution < -0.4 is 14.8 Å². The van der Waals surface area contributed by atoms with Crippen LogP contribution in [0.15, 0.2) is 109 Å². The lowest BCUT2D eigenvalue weighted by molar-refractivity contribution is -0.146. The van der Waals surface area contributed by atoms with E-state index in [2.05, 4.69) is 5.32 Å². The Morgan fingerprint density at radius 1 is 0.675 bits per heavy atom. The number of amides is 1. The van der Waals surface area contributed by atoms with Gasteiger partial charge in [0.05, 0.1) is 7.11 Å². The van der Waals surface area contributed by atoms with Crippen molar-refractivity contribution in [2.24, 2.45) is 0 Å². The lowest BCUT2D eigenvalue weighted by atomic mass is 10.0. The van der Waals surface area contributed by atoms with Crippen LogP contribution in [0.2, 0.25) is 0 Å². The second-order valence-corrected chi connectivity index (χ2v) is 9.14. The minimum absolute atomic E-state index is 0.185. The van der Waals surface area contributed by atoms with Crippen molar-refractivity contribution in [2.75, 3.05) is 14.2 Å². The number of nitrogens with one attached hydrogen (secondary N) is 1. The first-order chi connectivity index (χ1) is 19.6. The maximum Gasteiger partial charge on any atom is 0.328 e. The fourth-order valence-corrected chi connectivity index (χ4v) is 4.22. The molecule has 206 valence electrons. The van der Waals surface area contributed by atoms with Gasteiger partial charge in [-0.05, 0) is 34.4 Å². The molecule has 0 saturated carbocycles. The summed E-state index contributed by atoms with van der Waals surface area (Å²) in [6, 6.07) is 33.3. The number of hydrogen-bond donors (Lipinski definition) is 1. The molecule has 1 amide bonds. The van der Waals surface area contributed by atoms with Crippen LogP contribution in [0.5, 0.6) is 11.5 Å². The van der Waals surface area contributed by atoms with Gasteiger partial charge in [0.25, 0.3) is 5.91 Å². The van der Waals surface area contributed by atoms with Gasteiger partial charge in [0.1, 0.15) is 19.3 Å². The first kappa shape index (κ1) is 28.4. The molecule has 2 atom stereocenters. The minimum atomic E-state index is -0.933. The average molecular weight is 540 g/mol. The third-order valence-electron chi connectivity index (χ3n) is 6.30. The third-order valence-corrected chi connectivity index (χ3v) is 6.30. The highest BCUT2D eigenvalue weighted by molar-refractivity contribution is 5.88. The second-order valence-electron chi connectivity index (χ2n) is 9.14. The summed E-state index contributed by atoms with van der Waals surface area (Å²) in [4.78, 5) is 25.8. The van der Waals surface area contributed by atoms with Crippen molar-refractivity contribution in [2.45, 2.75) is 31.8 Å². The molecule has 0 unspecified atom stereocenters. The van der Waals surface area contributed by atoms with Gasteiger partial charge in [0, 0.05) is 13.5 Å². The van der Waals surface area contributed by atoms with Gasteiger partial charge in [0.2, 0.25) is 0 Å². The zero-order valence-electron chi connectivity index (χ0n) is 22.6. The molecule has 4 aromatic carbocycles. The average Bonchev–Trinajstić information content (AvgIpc) is 3.00. The van der Waals surface area contributed by atoms with Crippen molar-refractivity contribution >= 4 is 11.9 Å². The van der Waals surface area contributed by atoms with E-state index in [1.807, 2.05) is 97.1 Å². The summed E-state index contributed by atoms with van der Waals surface area (Å²) < 4.78 is 22.7. The van der Waals surface area contributed by atoms with Gasteiger partial charge >= 0.3 is 5.97 Å². The molecular formula is C33H33NO6. The van der Waals surface area contributed by atoms with Crippen molar-refractivity contribution in [1.29, 1.82) is 0 Å². The smallest absolute Gasteiger partial charge is 0.328 e. The lowest BCUT2D eigenvalue weighted by Gasteiger charge is -2.21. The number of carbonyl (C=O) groups excluding carboxylic acids is 2. The highest BCUT2D eigenvalue weighted by Gasteiger charge is 2.28. The Kier molecular flexibility index (Phi) is 10.3. The normalized spacial score (nSPS) is 12.2. The topological polar surface area (TPSA) is 83.1 Å². The number of methoxy groups -OCH3 is 2. The molecule has 0 heterocycles. The van der Waals surface area contributed by atoms with Gasteiger partial charge in [-0.3, -0.25) is 4.79 Å². The van der Waals surface area contributed by atoms with Crippen molar-refractivity contribution < 1.29 is 28.5 Å². The lowest BCUT2D eigenvalue weighted by Crippen LogP contribution is -2.45. The summed E-state index contributed by atoms with van der Waals surface area (Å²) in [5.41, 5.74) is 3.48. The molecule has 0 fully saturated rings. The molecule has 0 spiro atoms. The summed E-state index contributed by atoms with van der Waals surface area (Å²) in [7, 11) is 2.75. The van der Waals surface area contributed by atoms with Crippen molar-refractivity contribution in [3.63, 3.8) is 0 Å². The predicted octanol–water partition coefficient (Wildman–Crippen LogP) is 5.43. The standard InChI is InChI=1S/C33H33NO6/c1-37-31(27-16-10-5-11-17-27)32(35)34-28(33(36)38-2)20-26-18-19-29(39-22-24-12-6-3-7-13-24)30(21-26)40-23-25-14-8-4-9-15-25/h3-19,21,28,31H,20,22-23H2,1-2H3,(H,34,35)/t28-,31-/m0/s1. The van der Waals surface area contributed by atoms with Gasteiger partial charge in [0.15, 0.2) is 17.6 Å². The van der Waals surface area contributed by atoms with E-state index in [-0.39, 0.29) is 6.42 Å². The number of ether oxygens (including phenoxy) is 4. The molecule has 0 aliphatic carbocycles. The molecule has 0 bridgehead atoms. The SMILES string of the molecule is COC(=O)[C@H](Cc1ccc(OCc2ccccc2)c(OCc2ccccc2)c1)NC(=O)[C@@H](OC)c1ccccc1. The highest BCUT2D eigenvalue weighted by atomic mass is 16.5. The van der Waals surface area contributed by atoms with Crippen LogP contribution in [0.3, 0.4) is 0 Å². The van der Waals surface area contributed by atoms with E-state index in [9.17, 15) is 9.59 Å². The van der Waals surface area contributed by atoms with E-state index in [1.165, 1.54) is 14.2 Å². The Hall–Kier alpha value is -4.62. The third kappa shape index (κ3) is 7.94. The number of benzene rings is 4. The van der Waals surface area contributed by atoms with Gasteiger partial charge in [-0.2, -0.15) is 0 Å². The van der Waals surface area contributed by atoms with Crippen LogP contribution in [-0.4, -0.2) is 32.1 Å². The molecule has 0 aliphatic heterocycles. The van der Waals surface area contributed by atoms with E-state index < -0.39 is 24.0 Å². The van der Waals surface area contributed by atoms with Crippen LogP contribution in [0, 0.1) is 0 Å². The van der Waals surface area contributed by atoms with E-state index in [0.29, 0.717) is 30.3 Å². The Bertz CT molecular complexity index is 1360. The Morgan fingerprint density at radius 3 is 1.77 bits per heavy atom. The summed E-state index contributed by atoms with van der Waals surface area (Å²) in [5, 5.41) is 2.79. The first-order valence-electron chi connectivity index (χ1n) is 13.0. The van der Waals surface area contributed by atoms with Crippen molar-refractivity contribution in [1.82, 2.24) is 5.32 Å². The number of hydrogen-bond acceptors (Lipinski definition) is 6. The number of carbonyl (C=O) groups is 2. The number of esters is 1. The summed E-state index contributed by atoms with van der Waals surface area (Å²) in [5.74, 6) is 0.108. The fraction of sp³-hybridized carbons (Fsp3) is 0.212. The summed E-state index contributed by atoms with van der Waals surface area (Å²) >= 11 is 0. The van der Waals surface area contributed by atoms with E-state index >= 15 is 0 Å². The van der Waals surface area contributed by atoms with Gasteiger partial charge in [-0.15, -0.1) is 0 Å². The number of rotatable bonds is 13. The molecule has 7 heteroatoms. The zero-order chi connectivity index (χ0) is 28.2. The van der Waals surface area contributed by atoms with Crippen LogP contribution >= 0.6 is 0 Å². The molecule has 4 aromatic rings. The van der Waals surface area contributed by atoms with Crippen LogP contribution in [0.4, 0.5) is 0 Å². The van der Waals surface area contributed by atoms with Gasteiger partial charge < -0.3 is 24.3 Å². The molecule has 0 aliphatic rings. The molecule has 40 heavy (non-hydrogen) atoms. The molecular weight excluding hydrogens is 506 g/mol. The molecule has 7 nitrogen and oxygen atoms in total. The Morgan fingerprint density at radius 2 is 1.23 bits per heavy atom. The quantitative estimate of drug-likeness (QED) is 0.228. The zero-order valence-corrected chi connectivity index (χ0v) is 22.6. The maximum absolute atomic E-state index is 13.1. The van der Waals surface area contributed by atoms with Crippen LogP contribution in [-0.2, 0) is 38.7 Å². The predicted molar refractivity (Wildman–Crippen MR) is 152 cm³/mol. The molecule has 0 aromatic heterocycles. The summed E-state index contributed by atoms with van der Waals surface area (Å²) in [6.45, 7) is 0.719. The van der Waals surface area contributed by atoms with E-state index in [1.54, 1.807) is 12.1 Å². The minimum Gasteiger partial charge on any atom is -0.485 e. The van der Waals surface area contributed by atoms with E-state index in [4.69, 9.17) is 18.9 Å². The molecule has 4 rings (SSSR count). The first-order valence-corrected chi connectivity index (χ1v) is 13.0. The summed E-state index contributed by atoms with van der Waals surface area (Å²) in [6.07, 6.45) is -0.684. The monoisotopic (exact) mass is 539 g/mol. The van der Waals surface area contributed by atoms with Gasteiger partial charge in [-0.1, -0.05) is 97.1 Å². The molecule has 1 N–H and O–H groups in total. The van der Waals surface area contributed by atoms with Crippen LogP contribution in [0.25, 0.3) is 0 Å². The van der Waals surface area contributed by atoms with Crippen molar-refractivity contribution in [3.05, 3.63) is 131 Å². The largest absolute Gasteiger partial charge is 0.485 e. The molecule has 0 saturated heterocycles. The Balaban J connectivity index is 1.53. The van der Waals surface area contributed by atoms with Crippen LogP contribution in [0.1, 0.15) is 28.4 Å². The van der Waals surface area contributed by atoms with E-state index in [0.717, 1.165) is 16.7 Å². The Labute approximate surface area is 234 Å². The second kappa shape index (κ2) is 14.5. The maximum atomic E-state index is 13.1. The fourth-order valence-electron chi connectivity index (χ4n) is 4.22. The van der Waals surface area contributed by atoms with Crippen molar-refractivity contribution in [3.8, 4) is 11.5 Å². The van der Waals surface area contributed by atoms with Gasteiger partial charge in [-0.25, -0.2) is 4.79 Å².